The van der Waals surface area contributed by atoms with E-state index in [4.69, 9.17) is 4.74 Å². The van der Waals surface area contributed by atoms with E-state index in [-0.39, 0.29) is 11.9 Å². The third kappa shape index (κ3) is 6.45. The highest BCUT2D eigenvalue weighted by Gasteiger charge is 2.36. The van der Waals surface area contributed by atoms with E-state index in [0.29, 0.717) is 5.92 Å². The maximum absolute atomic E-state index is 12.7. The second kappa shape index (κ2) is 12.1. The Bertz CT molecular complexity index is 824. The van der Waals surface area contributed by atoms with Crippen LogP contribution >= 0.6 is 0 Å². The number of benzene rings is 2. The molecule has 0 bridgehead atoms. The number of esters is 1. The Morgan fingerprint density at radius 1 is 0.871 bits per heavy atom. The van der Waals surface area contributed by atoms with Gasteiger partial charge in [0.25, 0.3) is 0 Å². The molecule has 168 valence electrons. The van der Waals surface area contributed by atoms with Crippen LogP contribution in [0, 0.1) is 6.92 Å². The molecule has 2 aromatic rings. The van der Waals surface area contributed by atoms with Gasteiger partial charge >= 0.3 is 5.97 Å². The first-order valence-corrected chi connectivity index (χ1v) is 12.5. The van der Waals surface area contributed by atoms with E-state index in [2.05, 4.69) is 32.9 Å². The predicted molar refractivity (Wildman–Crippen MR) is 130 cm³/mol. The highest BCUT2D eigenvalue weighted by atomic mass is 16.5. The van der Waals surface area contributed by atoms with E-state index in [1.165, 1.54) is 75.3 Å². The normalized spacial score (nSPS) is 16.2. The van der Waals surface area contributed by atoms with Crippen LogP contribution < -0.4 is 4.74 Å². The summed E-state index contributed by atoms with van der Waals surface area (Å²) >= 11 is 0. The molecule has 0 fully saturated rings. The molecule has 0 saturated carbocycles. The lowest BCUT2D eigenvalue weighted by molar-refractivity contribution is -0.133. The quantitative estimate of drug-likeness (QED) is 0.184. The number of rotatable bonds is 13. The van der Waals surface area contributed by atoms with Crippen LogP contribution in [0.5, 0.6) is 5.75 Å². The molecule has 3 rings (SSSR count). The molecule has 2 aromatic carbocycles. The lowest BCUT2D eigenvalue weighted by Crippen LogP contribution is -2.11. The molecule has 31 heavy (non-hydrogen) atoms. The standard InChI is InChI=1S/C29H40O2/c1-4-5-6-7-8-9-10-11-12-14-17-23(3)25-20-22(2)21-26-27(29(30)31-28(25)26)24-18-15-13-16-19-24/h13,15-16,18-21,23,27H,4-12,14,17H2,1-3H3. The third-order valence-electron chi connectivity index (χ3n) is 6.69. The molecule has 1 aliphatic heterocycles. The Morgan fingerprint density at radius 2 is 1.48 bits per heavy atom. The number of hydrogen-bond donors (Lipinski definition) is 0. The minimum atomic E-state index is -0.292. The molecule has 0 spiro atoms. The highest BCUT2D eigenvalue weighted by Crippen LogP contribution is 2.45. The van der Waals surface area contributed by atoms with Gasteiger partial charge in [0.1, 0.15) is 11.7 Å². The number of carbonyl (C=O) groups excluding carboxylic acids is 1. The van der Waals surface area contributed by atoms with Gasteiger partial charge < -0.3 is 4.74 Å². The first kappa shape index (κ1) is 23.6. The van der Waals surface area contributed by atoms with Crippen molar-refractivity contribution in [2.75, 3.05) is 0 Å². The van der Waals surface area contributed by atoms with E-state index in [1.807, 2.05) is 30.3 Å². The van der Waals surface area contributed by atoms with E-state index in [0.717, 1.165) is 23.3 Å². The lowest BCUT2D eigenvalue weighted by Gasteiger charge is -2.16. The SMILES string of the molecule is CCCCCCCCCCCCC(C)c1cc(C)cc2c1OC(=O)C2c1ccccc1. The van der Waals surface area contributed by atoms with Gasteiger partial charge in [-0.1, -0.05) is 126 Å². The third-order valence-corrected chi connectivity index (χ3v) is 6.69. The summed E-state index contributed by atoms with van der Waals surface area (Å²) < 4.78 is 5.84. The van der Waals surface area contributed by atoms with Crippen molar-refractivity contribution in [2.24, 2.45) is 0 Å². The largest absolute Gasteiger partial charge is 0.425 e. The maximum Gasteiger partial charge on any atom is 0.323 e. The zero-order valence-electron chi connectivity index (χ0n) is 19.8. The molecule has 2 atom stereocenters. The van der Waals surface area contributed by atoms with Crippen molar-refractivity contribution in [1.82, 2.24) is 0 Å². The number of aryl methyl sites for hydroxylation is 1. The highest BCUT2D eigenvalue weighted by molar-refractivity contribution is 5.90. The average Bonchev–Trinajstić information content (AvgIpc) is 3.10. The Balaban J connectivity index is 1.52. The molecule has 0 amide bonds. The van der Waals surface area contributed by atoms with E-state index in [1.54, 1.807) is 0 Å². The van der Waals surface area contributed by atoms with E-state index >= 15 is 0 Å². The number of ether oxygens (including phenoxy) is 1. The Morgan fingerprint density at radius 3 is 2.13 bits per heavy atom. The second-order valence-electron chi connectivity index (χ2n) is 9.41. The van der Waals surface area contributed by atoms with Gasteiger partial charge in [-0.2, -0.15) is 0 Å². The molecule has 2 nitrogen and oxygen atoms in total. The summed E-state index contributed by atoms with van der Waals surface area (Å²) in [5, 5.41) is 0. The van der Waals surface area contributed by atoms with Crippen molar-refractivity contribution in [3.8, 4) is 5.75 Å². The van der Waals surface area contributed by atoms with Crippen molar-refractivity contribution < 1.29 is 9.53 Å². The number of carbonyl (C=O) groups is 1. The molecular weight excluding hydrogens is 380 g/mol. The summed E-state index contributed by atoms with van der Waals surface area (Å²) in [7, 11) is 0. The maximum atomic E-state index is 12.7. The van der Waals surface area contributed by atoms with Crippen LogP contribution in [0.25, 0.3) is 0 Å². The number of fused-ring (bicyclic) bond motifs is 1. The summed E-state index contributed by atoms with van der Waals surface area (Å²) in [6.45, 7) is 6.69. The fourth-order valence-electron chi connectivity index (χ4n) is 4.87. The van der Waals surface area contributed by atoms with Gasteiger partial charge in [-0.05, 0) is 30.4 Å². The zero-order valence-corrected chi connectivity index (χ0v) is 19.8. The number of unbranched alkanes of at least 4 members (excludes halogenated alkanes) is 9. The van der Waals surface area contributed by atoms with Gasteiger partial charge in [0.2, 0.25) is 0 Å². The zero-order chi connectivity index (χ0) is 22.1. The summed E-state index contributed by atoms with van der Waals surface area (Å²) in [6, 6.07) is 14.4. The molecule has 2 heteroatoms. The fourth-order valence-corrected chi connectivity index (χ4v) is 4.87. The topological polar surface area (TPSA) is 26.3 Å². The Hall–Kier alpha value is -2.09. The molecule has 1 heterocycles. The van der Waals surface area contributed by atoms with Gasteiger partial charge in [0.05, 0.1) is 0 Å². The van der Waals surface area contributed by atoms with Crippen molar-refractivity contribution in [3.63, 3.8) is 0 Å². The second-order valence-corrected chi connectivity index (χ2v) is 9.41. The van der Waals surface area contributed by atoms with Crippen LogP contribution in [-0.4, -0.2) is 5.97 Å². The fraction of sp³-hybridized carbons (Fsp3) is 0.552. The summed E-state index contributed by atoms with van der Waals surface area (Å²) in [6.07, 6.45) is 14.7. The molecule has 0 saturated heterocycles. The van der Waals surface area contributed by atoms with Gasteiger partial charge in [0.15, 0.2) is 0 Å². The minimum Gasteiger partial charge on any atom is -0.425 e. The van der Waals surface area contributed by atoms with Crippen LogP contribution in [0.3, 0.4) is 0 Å². The Labute approximate surface area is 189 Å². The smallest absolute Gasteiger partial charge is 0.323 e. The van der Waals surface area contributed by atoms with E-state index < -0.39 is 0 Å². The molecule has 2 unspecified atom stereocenters. The predicted octanol–water partition coefficient (Wildman–Crippen LogP) is 8.46. The minimum absolute atomic E-state index is 0.140. The van der Waals surface area contributed by atoms with Crippen molar-refractivity contribution in [3.05, 3.63) is 64.7 Å². The van der Waals surface area contributed by atoms with Gasteiger partial charge in [-0.15, -0.1) is 0 Å². The van der Waals surface area contributed by atoms with Gasteiger partial charge in [-0.25, -0.2) is 0 Å². The Kier molecular flexibility index (Phi) is 9.18. The number of hydrogen-bond acceptors (Lipinski definition) is 2. The lowest BCUT2D eigenvalue weighted by atomic mass is 9.86. The van der Waals surface area contributed by atoms with Gasteiger partial charge in [0, 0.05) is 5.56 Å². The van der Waals surface area contributed by atoms with Crippen LogP contribution in [0.2, 0.25) is 0 Å². The molecule has 0 N–H and O–H groups in total. The van der Waals surface area contributed by atoms with E-state index in [9.17, 15) is 4.79 Å². The van der Waals surface area contributed by atoms with Gasteiger partial charge in [-0.3, -0.25) is 4.79 Å². The monoisotopic (exact) mass is 420 g/mol. The molecule has 0 aromatic heterocycles. The molecule has 0 radical (unpaired) electrons. The van der Waals surface area contributed by atoms with Crippen molar-refractivity contribution in [2.45, 2.75) is 103 Å². The summed E-state index contributed by atoms with van der Waals surface area (Å²) in [5.41, 5.74) is 4.48. The molecular formula is C29H40O2. The summed E-state index contributed by atoms with van der Waals surface area (Å²) in [5.74, 6) is 0.799. The van der Waals surface area contributed by atoms with Crippen molar-refractivity contribution in [1.29, 1.82) is 0 Å². The first-order chi connectivity index (χ1) is 15.1. The average molecular weight is 421 g/mol. The van der Waals surface area contributed by atoms with Crippen LogP contribution in [0.1, 0.15) is 119 Å². The van der Waals surface area contributed by atoms with Crippen LogP contribution in [-0.2, 0) is 4.79 Å². The van der Waals surface area contributed by atoms with Crippen molar-refractivity contribution >= 4 is 5.97 Å². The van der Waals surface area contributed by atoms with Crippen LogP contribution in [0.4, 0.5) is 0 Å². The summed E-state index contributed by atoms with van der Waals surface area (Å²) in [4.78, 5) is 12.7. The van der Waals surface area contributed by atoms with Crippen LogP contribution in [0.15, 0.2) is 42.5 Å². The molecule has 0 aliphatic carbocycles. The molecule has 1 aliphatic rings. The first-order valence-electron chi connectivity index (χ1n) is 12.5.